The maximum absolute atomic E-state index is 12.9. The van der Waals surface area contributed by atoms with Crippen LogP contribution in [0.25, 0.3) is 0 Å². The summed E-state index contributed by atoms with van der Waals surface area (Å²) in [4.78, 5) is 0. The van der Waals surface area contributed by atoms with E-state index in [9.17, 15) is 4.39 Å². The van der Waals surface area contributed by atoms with Gasteiger partial charge in [-0.2, -0.15) is 0 Å². The summed E-state index contributed by atoms with van der Waals surface area (Å²) >= 11 is 3.18. The molecule has 0 radical (unpaired) electrons. The highest BCUT2D eigenvalue weighted by atomic mass is 79.9. The Bertz CT molecular complexity index is 334. The second-order valence-corrected chi connectivity index (χ2v) is 4.47. The Morgan fingerprint density at radius 3 is 2.62 bits per heavy atom. The molecule has 1 fully saturated rings. The van der Waals surface area contributed by atoms with Crippen LogP contribution in [0.5, 0.6) is 0 Å². The fraction of sp³-hybridized carbons (Fsp3) is 0.400. The summed E-state index contributed by atoms with van der Waals surface area (Å²) in [6.07, 6.45) is 2.25. The molecule has 1 aliphatic rings. The maximum atomic E-state index is 12.9. The van der Waals surface area contributed by atoms with Crippen LogP contribution in [0.15, 0.2) is 22.7 Å². The number of nitrogens with two attached hydrogens (primary N) is 1. The molecule has 2 N–H and O–H groups in total. The molecule has 0 unspecified atom stereocenters. The zero-order valence-corrected chi connectivity index (χ0v) is 8.77. The highest BCUT2D eigenvalue weighted by Crippen LogP contribution is 2.47. The number of benzene rings is 1. The summed E-state index contributed by atoms with van der Waals surface area (Å²) in [6, 6.07) is 5.17. The van der Waals surface area contributed by atoms with Gasteiger partial charge in [-0.1, -0.05) is 6.07 Å². The van der Waals surface area contributed by atoms with E-state index in [0.29, 0.717) is 11.0 Å². The van der Waals surface area contributed by atoms with E-state index in [1.165, 1.54) is 6.07 Å². The molecule has 1 aliphatic carbocycles. The van der Waals surface area contributed by atoms with Crippen molar-refractivity contribution in [3.05, 3.63) is 34.1 Å². The van der Waals surface area contributed by atoms with Gasteiger partial charge in [0.2, 0.25) is 0 Å². The van der Waals surface area contributed by atoms with Gasteiger partial charge in [-0.3, -0.25) is 0 Å². The Labute approximate surface area is 85.3 Å². The van der Waals surface area contributed by atoms with Crippen LogP contribution in [0.2, 0.25) is 0 Å². The molecule has 0 spiro atoms. The van der Waals surface area contributed by atoms with Gasteiger partial charge in [-0.25, -0.2) is 4.39 Å². The van der Waals surface area contributed by atoms with E-state index in [-0.39, 0.29) is 11.2 Å². The van der Waals surface area contributed by atoms with Gasteiger partial charge in [0.15, 0.2) is 0 Å². The lowest BCUT2D eigenvalue weighted by atomic mass is 9.96. The van der Waals surface area contributed by atoms with Crippen LogP contribution >= 0.6 is 15.9 Å². The van der Waals surface area contributed by atoms with Crippen LogP contribution in [0.3, 0.4) is 0 Å². The highest BCUT2D eigenvalue weighted by Gasteiger charge is 2.42. The first-order valence-electron chi connectivity index (χ1n) is 4.33. The van der Waals surface area contributed by atoms with Crippen LogP contribution < -0.4 is 5.73 Å². The molecule has 1 aromatic rings. The molecule has 3 heteroatoms. The van der Waals surface area contributed by atoms with Gasteiger partial charge in [0, 0.05) is 12.0 Å². The molecule has 0 saturated heterocycles. The van der Waals surface area contributed by atoms with E-state index < -0.39 is 0 Å². The molecule has 0 heterocycles. The van der Waals surface area contributed by atoms with E-state index in [2.05, 4.69) is 15.9 Å². The fourth-order valence-corrected chi connectivity index (χ4v) is 1.97. The number of hydrogen-bond donors (Lipinski definition) is 1. The summed E-state index contributed by atoms with van der Waals surface area (Å²) in [5.74, 6) is -0.212. The molecule has 70 valence electrons. The normalized spacial score (nSPS) is 18.7. The molecule has 0 aromatic heterocycles. The number of halogens is 2. The second kappa shape index (κ2) is 3.07. The first-order valence-corrected chi connectivity index (χ1v) is 5.13. The summed E-state index contributed by atoms with van der Waals surface area (Å²) in [6.45, 7) is 0.658. The topological polar surface area (TPSA) is 26.0 Å². The van der Waals surface area contributed by atoms with Crippen LogP contribution in [0.4, 0.5) is 4.39 Å². The van der Waals surface area contributed by atoms with Gasteiger partial charge in [0.1, 0.15) is 5.82 Å². The molecule has 2 rings (SSSR count). The largest absolute Gasteiger partial charge is 0.330 e. The third-order valence-corrected chi connectivity index (χ3v) is 3.38. The van der Waals surface area contributed by atoms with Crippen molar-refractivity contribution in [2.45, 2.75) is 18.3 Å². The van der Waals surface area contributed by atoms with Crippen molar-refractivity contribution >= 4 is 15.9 Å². The van der Waals surface area contributed by atoms with E-state index in [4.69, 9.17) is 5.73 Å². The van der Waals surface area contributed by atoms with Crippen LogP contribution in [-0.4, -0.2) is 6.54 Å². The second-order valence-electron chi connectivity index (χ2n) is 3.61. The minimum Gasteiger partial charge on any atom is -0.330 e. The van der Waals surface area contributed by atoms with E-state index >= 15 is 0 Å². The molecule has 0 atom stereocenters. The third kappa shape index (κ3) is 1.51. The van der Waals surface area contributed by atoms with Gasteiger partial charge in [-0.05, 0) is 46.5 Å². The van der Waals surface area contributed by atoms with Gasteiger partial charge >= 0.3 is 0 Å². The fourth-order valence-electron chi connectivity index (χ4n) is 1.59. The molecule has 0 amide bonds. The van der Waals surface area contributed by atoms with Gasteiger partial charge in [0.25, 0.3) is 0 Å². The van der Waals surface area contributed by atoms with E-state index in [1.54, 1.807) is 0 Å². The maximum Gasteiger partial charge on any atom is 0.137 e. The van der Waals surface area contributed by atoms with E-state index in [0.717, 1.165) is 18.4 Å². The molecular weight excluding hydrogens is 233 g/mol. The highest BCUT2D eigenvalue weighted by molar-refractivity contribution is 9.10. The Morgan fingerprint density at radius 2 is 2.15 bits per heavy atom. The first kappa shape index (κ1) is 9.16. The zero-order chi connectivity index (χ0) is 9.47. The quantitative estimate of drug-likeness (QED) is 0.850. The lowest BCUT2D eigenvalue weighted by Crippen LogP contribution is -2.19. The van der Waals surface area contributed by atoms with Crippen molar-refractivity contribution in [3.63, 3.8) is 0 Å². The Morgan fingerprint density at radius 1 is 1.46 bits per heavy atom. The predicted molar refractivity (Wildman–Crippen MR) is 54.1 cm³/mol. The summed E-state index contributed by atoms with van der Waals surface area (Å²) in [5.41, 5.74) is 6.98. The van der Waals surface area contributed by atoms with Crippen molar-refractivity contribution in [1.82, 2.24) is 0 Å². The SMILES string of the molecule is NCC1(c2ccc(F)c(Br)c2)CC1. The van der Waals surface area contributed by atoms with Gasteiger partial charge in [0.05, 0.1) is 4.47 Å². The number of hydrogen-bond acceptors (Lipinski definition) is 1. The Balaban J connectivity index is 2.37. The summed E-state index contributed by atoms with van der Waals surface area (Å²) in [7, 11) is 0. The van der Waals surface area contributed by atoms with Crippen LogP contribution in [-0.2, 0) is 5.41 Å². The van der Waals surface area contributed by atoms with E-state index in [1.807, 2.05) is 12.1 Å². The standard InChI is InChI=1S/C10H11BrFN/c11-8-5-7(1-2-9(8)12)10(6-13)3-4-10/h1-2,5H,3-4,6,13H2. The third-order valence-electron chi connectivity index (χ3n) is 2.78. The van der Waals surface area contributed by atoms with Gasteiger partial charge in [-0.15, -0.1) is 0 Å². The molecule has 0 aliphatic heterocycles. The molecule has 1 aromatic carbocycles. The van der Waals surface area contributed by atoms with Crippen molar-refractivity contribution in [1.29, 1.82) is 0 Å². The lowest BCUT2D eigenvalue weighted by molar-refractivity contribution is 0.616. The molecule has 0 bridgehead atoms. The average molecular weight is 244 g/mol. The van der Waals surface area contributed by atoms with Crippen molar-refractivity contribution in [2.75, 3.05) is 6.54 Å². The monoisotopic (exact) mass is 243 g/mol. The van der Waals surface area contributed by atoms with Crippen molar-refractivity contribution in [3.8, 4) is 0 Å². The zero-order valence-electron chi connectivity index (χ0n) is 7.19. The molecule has 1 nitrogen and oxygen atoms in total. The number of rotatable bonds is 2. The van der Waals surface area contributed by atoms with Crippen LogP contribution in [0.1, 0.15) is 18.4 Å². The smallest absolute Gasteiger partial charge is 0.137 e. The van der Waals surface area contributed by atoms with Crippen molar-refractivity contribution < 1.29 is 4.39 Å². The molecule has 13 heavy (non-hydrogen) atoms. The molecule has 1 saturated carbocycles. The first-order chi connectivity index (χ1) is 6.18. The van der Waals surface area contributed by atoms with Crippen molar-refractivity contribution in [2.24, 2.45) is 5.73 Å². The Kier molecular flexibility index (Phi) is 2.16. The average Bonchev–Trinajstić information content (AvgIpc) is 2.90. The Hall–Kier alpha value is -0.410. The molecular formula is C10H11BrFN. The lowest BCUT2D eigenvalue weighted by Gasteiger charge is -2.12. The minimum atomic E-state index is -0.212. The summed E-state index contributed by atoms with van der Waals surface area (Å²) in [5, 5.41) is 0. The predicted octanol–water partition coefficient (Wildman–Crippen LogP) is 2.58. The summed E-state index contributed by atoms with van der Waals surface area (Å²) < 4.78 is 13.5. The van der Waals surface area contributed by atoms with Crippen LogP contribution in [0, 0.1) is 5.82 Å². The van der Waals surface area contributed by atoms with Gasteiger partial charge < -0.3 is 5.73 Å². The minimum absolute atomic E-state index is 0.149.